The van der Waals surface area contributed by atoms with Crippen LogP contribution in [0.1, 0.15) is 38.8 Å². The molecule has 0 saturated heterocycles. The number of hydrogen-bond acceptors (Lipinski definition) is 3. The number of imidazole rings is 1. The third kappa shape index (κ3) is 5.84. The van der Waals surface area contributed by atoms with Gasteiger partial charge in [0.15, 0.2) is 0 Å². The van der Waals surface area contributed by atoms with Crippen LogP contribution in [0.5, 0.6) is 0 Å². The zero-order chi connectivity index (χ0) is 12.3. The molecule has 1 aromatic heterocycles. The van der Waals surface area contributed by atoms with Crippen LogP contribution in [0.15, 0.2) is 12.5 Å². The summed E-state index contributed by atoms with van der Waals surface area (Å²) in [5.41, 5.74) is 1.27. The van der Waals surface area contributed by atoms with Crippen molar-refractivity contribution < 1.29 is 4.74 Å². The van der Waals surface area contributed by atoms with Gasteiger partial charge in [-0.3, -0.25) is 0 Å². The van der Waals surface area contributed by atoms with E-state index in [0.29, 0.717) is 0 Å². The average Bonchev–Trinajstić information content (AvgIpc) is 2.76. The summed E-state index contributed by atoms with van der Waals surface area (Å²) in [7, 11) is 0. The van der Waals surface area contributed by atoms with E-state index in [0.717, 1.165) is 52.1 Å². The molecule has 1 aromatic rings. The van der Waals surface area contributed by atoms with Gasteiger partial charge in [-0.25, -0.2) is 4.98 Å². The molecule has 0 saturated carbocycles. The van der Waals surface area contributed by atoms with Crippen molar-refractivity contribution in [2.45, 2.75) is 46.2 Å². The topological polar surface area (TPSA) is 39.1 Å². The molecule has 1 heterocycles. The van der Waals surface area contributed by atoms with Crippen LogP contribution in [0.4, 0.5) is 0 Å². The Bertz CT molecular complexity index is 286. The second kappa shape index (κ2) is 9.19. The Labute approximate surface area is 104 Å². The number of nitrogens with one attached hydrogen (secondary N) is 1. The van der Waals surface area contributed by atoms with Crippen LogP contribution in [0.2, 0.25) is 0 Å². The number of nitrogens with zero attached hydrogens (tertiary/aromatic N) is 2. The van der Waals surface area contributed by atoms with Gasteiger partial charge in [-0.2, -0.15) is 0 Å². The molecule has 17 heavy (non-hydrogen) atoms. The Morgan fingerprint density at radius 3 is 2.94 bits per heavy atom. The minimum Gasteiger partial charge on any atom is -0.381 e. The van der Waals surface area contributed by atoms with Gasteiger partial charge in [0, 0.05) is 32.5 Å². The van der Waals surface area contributed by atoms with Crippen LogP contribution in [-0.4, -0.2) is 29.3 Å². The highest BCUT2D eigenvalue weighted by atomic mass is 16.5. The van der Waals surface area contributed by atoms with Crippen LogP contribution in [0.25, 0.3) is 0 Å². The predicted octanol–water partition coefficient (Wildman–Crippen LogP) is 2.20. The van der Waals surface area contributed by atoms with Gasteiger partial charge in [0.05, 0.1) is 12.0 Å². The van der Waals surface area contributed by atoms with Gasteiger partial charge in [0.25, 0.3) is 0 Å². The summed E-state index contributed by atoms with van der Waals surface area (Å²) in [4.78, 5) is 4.18. The molecule has 0 aliphatic carbocycles. The molecular weight excluding hydrogens is 214 g/mol. The van der Waals surface area contributed by atoms with Crippen LogP contribution >= 0.6 is 0 Å². The highest BCUT2D eigenvalue weighted by Crippen LogP contribution is 2.00. The Morgan fingerprint density at radius 1 is 1.29 bits per heavy atom. The van der Waals surface area contributed by atoms with Crippen molar-refractivity contribution in [1.29, 1.82) is 0 Å². The molecule has 0 amide bonds. The Morgan fingerprint density at radius 2 is 2.18 bits per heavy atom. The van der Waals surface area contributed by atoms with Crippen molar-refractivity contribution >= 4 is 0 Å². The lowest BCUT2D eigenvalue weighted by molar-refractivity contribution is 0.132. The van der Waals surface area contributed by atoms with E-state index in [-0.39, 0.29) is 0 Å². The Balaban J connectivity index is 2.07. The molecule has 98 valence electrons. The Hall–Kier alpha value is -0.870. The zero-order valence-electron chi connectivity index (χ0n) is 11.1. The molecule has 0 spiro atoms. The summed E-state index contributed by atoms with van der Waals surface area (Å²) in [6.07, 6.45) is 7.17. The first-order valence-electron chi connectivity index (χ1n) is 6.66. The summed E-state index contributed by atoms with van der Waals surface area (Å²) in [5.74, 6) is 0. The second-order valence-electron chi connectivity index (χ2n) is 4.22. The van der Waals surface area contributed by atoms with Crippen molar-refractivity contribution in [3.63, 3.8) is 0 Å². The van der Waals surface area contributed by atoms with E-state index in [2.05, 4.69) is 28.7 Å². The van der Waals surface area contributed by atoms with Crippen LogP contribution in [-0.2, 0) is 17.8 Å². The van der Waals surface area contributed by atoms with Crippen molar-refractivity contribution in [2.75, 3.05) is 19.8 Å². The maximum absolute atomic E-state index is 5.42. The lowest BCUT2D eigenvalue weighted by atomic mass is 10.4. The van der Waals surface area contributed by atoms with E-state index < -0.39 is 0 Å². The quantitative estimate of drug-likeness (QED) is 0.636. The third-order valence-electron chi connectivity index (χ3n) is 2.56. The molecule has 4 heteroatoms. The summed E-state index contributed by atoms with van der Waals surface area (Å²) < 4.78 is 7.63. The van der Waals surface area contributed by atoms with Crippen LogP contribution < -0.4 is 5.32 Å². The highest BCUT2D eigenvalue weighted by Gasteiger charge is 1.99. The summed E-state index contributed by atoms with van der Waals surface area (Å²) in [6, 6.07) is 0. The van der Waals surface area contributed by atoms with Gasteiger partial charge in [-0.1, -0.05) is 13.8 Å². The first-order valence-corrected chi connectivity index (χ1v) is 6.66. The molecule has 0 unspecified atom stereocenters. The Kier molecular flexibility index (Phi) is 7.67. The van der Waals surface area contributed by atoms with Gasteiger partial charge >= 0.3 is 0 Å². The van der Waals surface area contributed by atoms with E-state index in [1.54, 1.807) is 0 Å². The number of ether oxygens (including phenoxy) is 1. The van der Waals surface area contributed by atoms with E-state index in [9.17, 15) is 0 Å². The third-order valence-corrected chi connectivity index (χ3v) is 2.56. The van der Waals surface area contributed by atoms with Crippen molar-refractivity contribution in [1.82, 2.24) is 14.9 Å². The van der Waals surface area contributed by atoms with E-state index in [1.807, 2.05) is 12.5 Å². The molecular formula is C13H25N3O. The molecule has 0 aliphatic heterocycles. The minimum atomic E-state index is 0.856. The van der Waals surface area contributed by atoms with Gasteiger partial charge in [0.2, 0.25) is 0 Å². The normalized spacial score (nSPS) is 10.9. The van der Waals surface area contributed by atoms with Gasteiger partial charge in [-0.05, 0) is 25.8 Å². The molecule has 4 nitrogen and oxygen atoms in total. The van der Waals surface area contributed by atoms with Gasteiger partial charge in [0.1, 0.15) is 0 Å². The van der Waals surface area contributed by atoms with E-state index in [1.165, 1.54) is 5.69 Å². The monoisotopic (exact) mass is 239 g/mol. The average molecular weight is 239 g/mol. The maximum Gasteiger partial charge on any atom is 0.0948 e. The molecule has 1 N–H and O–H groups in total. The summed E-state index contributed by atoms with van der Waals surface area (Å²) >= 11 is 0. The molecule has 0 aliphatic rings. The summed E-state index contributed by atoms with van der Waals surface area (Å²) in [6.45, 7) is 9.00. The van der Waals surface area contributed by atoms with Crippen LogP contribution in [0, 0.1) is 0 Å². The minimum absolute atomic E-state index is 0.856. The number of aromatic nitrogens is 2. The fourth-order valence-corrected chi connectivity index (χ4v) is 1.70. The fraction of sp³-hybridized carbons (Fsp3) is 0.769. The molecule has 0 atom stereocenters. The van der Waals surface area contributed by atoms with E-state index >= 15 is 0 Å². The first-order chi connectivity index (χ1) is 8.38. The highest BCUT2D eigenvalue weighted by molar-refractivity contribution is 4.97. The van der Waals surface area contributed by atoms with Crippen molar-refractivity contribution in [3.8, 4) is 0 Å². The second-order valence-corrected chi connectivity index (χ2v) is 4.22. The van der Waals surface area contributed by atoms with Crippen molar-refractivity contribution in [3.05, 3.63) is 18.2 Å². The summed E-state index contributed by atoms with van der Waals surface area (Å²) in [5, 5.41) is 3.42. The van der Waals surface area contributed by atoms with Gasteiger partial charge < -0.3 is 14.6 Å². The molecule has 0 aromatic carbocycles. The lowest BCUT2D eigenvalue weighted by Crippen LogP contribution is -2.18. The number of rotatable bonds is 10. The number of aryl methyl sites for hydroxylation is 1. The van der Waals surface area contributed by atoms with Crippen LogP contribution in [0.3, 0.4) is 0 Å². The first kappa shape index (κ1) is 14.2. The molecule has 1 rings (SSSR count). The zero-order valence-corrected chi connectivity index (χ0v) is 11.1. The molecule has 0 radical (unpaired) electrons. The maximum atomic E-state index is 5.42. The molecule has 0 fully saturated rings. The predicted molar refractivity (Wildman–Crippen MR) is 70.0 cm³/mol. The van der Waals surface area contributed by atoms with E-state index in [4.69, 9.17) is 4.74 Å². The largest absolute Gasteiger partial charge is 0.381 e. The lowest BCUT2D eigenvalue weighted by Gasteiger charge is -2.08. The van der Waals surface area contributed by atoms with Crippen molar-refractivity contribution in [2.24, 2.45) is 0 Å². The molecule has 0 bridgehead atoms. The SMILES string of the molecule is CCCOCCCNCc1cncn1CCC. The fourth-order valence-electron chi connectivity index (χ4n) is 1.70. The van der Waals surface area contributed by atoms with Gasteiger partial charge in [-0.15, -0.1) is 0 Å². The smallest absolute Gasteiger partial charge is 0.0948 e. The standard InChI is InChI=1S/C13H25N3O/c1-3-7-16-12-15-11-13(16)10-14-6-5-9-17-8-4-2/h11-12,14H,3-10H2,1-2H3. The number of hydrogen-bond donors (Lipinski definition) is 1.